The second-order valence-corrected chi connectivity index (χ2v) is 4.83. The molecule has 0 spiro atoms. The van der Waals surface area contributed by atoms with Crippen LogP contribution in [-0.2, 0) is 12.8 Å². The Balaban J connectivity index is 2.12. The second kappa shape index (κ2) is 4.33. The molecule has 2 aromatic rings. The van der Waals surface area contributed by atoms with Crippen molar-refractivity contribution in [3.8, 4) is 11.3 Å². The van der Waals surface area contributed by atoms with Crippen LogP contribution in [0.15, 0.2) is 36.4 Å². The Morgan fingerprint density at radius 3 is 2.59 bits per heavy atom. The minimum atomic E-state index is 1.15. The summed E-state index contributed by atoms with van der Waals surface area (Å²) in [4.78, 5) is 4.88. The largest absolute Gasteiger partial charge is 0.252 e. The van der Waals surface area contributed by atoms with Crippen LogP contribution in [0, 0.1) is 6.92 Å². The van der Waals surface area contributed by atoms with E-state index in [1.54, 1.807) is 0 Å². The Bertz CT molecular complexity index is 529. The van der Waals surface area contributed by atoms with Crippen LogP contribution in [0.2, 0.25) is 0 Å². The van der Waals surface area contributed by atoms with E-state index < -0.39 is 0 Å². The molecule has 3 rings (SSSR count). The van der Waals surface area contributed by atoms with Gasteiger partial charge in [0.05, 0.1) is 5.69 Å². The third-order valence-electron chi connectivity index (χ3n) is 3.54. The molecule has 1 aromatic carbocycles. The summed E-state index contributed by atoms with van der Waals surface area (Å²) >= 11 is 0. The molecule has 0 saturated heterocycles. The molecule has 1 aliphatic rings. The molecule has 0 radical (unpaired) electrons. The summed E-state index contributed by atoms with van der Waals surface area (Å²) < 4.78 is 0. The topological polar surface area (TPSA) is 12.9 Å². The number of aromatic nitrogens is 1. The van der Waals surface area contributed by atoms with Gasteiger partial charge in [0.25, 0.3) is 0 Å². The first-order chi connectivity index (χ1) is 8.34. The van der Waals surface area contributed by atoms with Crippen molar-refractivity contribution < 1.29 is 0 Å². The minimum absolute atomic E-state index is 1.15. The van der Waals surface area contributed by atoms with E-state index in [0.29, 0.717) is 0 Å². The smallest absolute Gasteiger partial charge is 0.0734 e. The van der Waals surface area contributed by atoms with Gasteiger partial charge in [-0.2, -0.15) is 0 Å². The van der Waals surface area contributed by atoms with Crippen LogP contribution in [0.1, 0.15) is 29.7 Å². The first-order valence-corrected chi connectivity index (χ1v) is 6.39. The lowest BCUT2D eigenvalue weighted by Gasteiger charge is -2.17. The number of fused-ring (bicyclic) bond motifs is 1. The van der Waals surface area contributed by atoms with E-state index in [4.69, 9.17) is 4.98 Å². The average Bonchev–Trinajstić information content (AvgIpc) is 2.39. The van der Waals surface area contributed by atoms with Gasteiger partial charge in [-0.05, 0) is 43.7 Å². The van der Waals surface area contributed by atoms with Crippen molar-refractivity contribution in [2.24, 2.45) is 0 Å². The maximum absolute atomic E-state index is 4.88. The summed E-state index contributed by atoms with van der Waals surface area (Å²) in [6.07, 6.45) is 4.96. The lowest BCUT2D eigenvalue weighted by atomic mass is 9.93. The van der Waals surface area contributed by atoms with E-state index in [1.165, 1.54) is 41.6 Å². The van der Waals surface area contributed by atoms with Gasteiger partial charge in [-0.25, -0.2) is 0 Å². The molecule has 17 heavy (non-hydrogen) atoms. The van der Waals surface area contributed by atoms with E-state index >= 15 is 0 Å². The standard InChI is InChI=1S/C16H17N/c1-12-11-14-9-5-6-10-15(14)17-16(12)13-7-3-2-4-8-13/h2-4,7-8,11H,5-6,9-10H2,1H3. The van der Waals surface area contributed by atoms with Crippen LogP contribution >= 0.6 is 0 Å². The van der Waals surface area contributed by atoms with Gasteiger partial charge in [-0.1, -0.05) is 36.4 Å². The van der Waals surface area contributed by atoms with Crippen molar-refractivity contribution in [2.45, 2.75) is 32.6 Å². The Morgan fingerprint density at radius 2 is 1.76 bits per heavy atom. The molecule has 0 amide bonds. The number of hydrogen-bond acceptors (Lipinski definition) is 1. The van der Waals surface area contributed by atoms with Crippen LogP contribution in [0.25, 0.3) is 11.3 Å². The van der Waals surface area contributed by atoms with Crippen LogP contribution in [-0.4, -0.2) is 4.98 Å². The first-order valence-electron chi connectivity index (χ1n) is 6.39. The molecule has 1 heterocycles. The number of aryl methyl sites for hydroxylation is 3. The SMILES string of the molecule is Cc1cc2c(nc1-c1ccccc1)CCCC2. The molecule has 0 N–H and O–H groups in total. The van der Waals surface area contributed by atoms with Gasteiger partial charge < -0.3 is 0 Å². The first kappa shape index (κ1) is 10.5. The summed E-state index contributed by atoms with van der Waals surface area (Å²) in [7, 11) is 0. The van der Waals surface area contributed by atoms with Gasteiger partial charge in [-0.3, -0.25) is 4.98 Å². The van der Waals surface area contributed by atoms with E-state index in [9.17, 15) is 0 Å². The van der Waals surface area contributed by atoms with E-state index in [2.05, 4.69) is 43.3 Å². The monoisotopic (exact) mass is 223 g/mol. The van der Waals surface area contributed by atoms with E-state index in [1.807, 2.05) is 0 Å². The number of pyridine rings is 1. The fourth-order valence-electron chi connectivity index (χ4n) is 2.64. The van der Waals surface area contributed by atoms with Gasteiger partial charge in [0, 0.05) is 11.3 Å². The number of rotatable bonds is 1. The van der Waals surface area contributed by atoms with Crippen molar-refractivity contribution in [3.63, 3.8) is 0 Å². The Labute approximate surface area is 103 Å². The van der Waals surface area contributed by atoms with Crippen LogP contribution in [0.4, 0.5) is 0 Å². The quantitative estimate of drug-likeness (QED) is 0.713. The van der Waals surface area contributed by atoms with Crippen molar-refractivity contribution >= 4 is 0 Å². The Morgan fingerprint density at radius 1 is 1.00 bits per heavy atom. The molecule has 0 saturated carbocycles. The van der Waals surface area contributed by atoms with Crippen molar-refractivity contribution in [1.29, 1.82) is 0 Å². The van der Waals surface area contributed by atoms with Crippen molar-refractivity contribution in [1.82, 2.24) is 4.98 Å². The highest BCUT2D eigenvalue weighted by atomic mass is 14.7. The average molecular weight is 223 g/mol. The zero-order chi connectivity index (χ0) is 11.7. The minimum Gasteiger partial charge on any atom is -0.252 e. The molecular weight excluding hydrogens is 206 g/mol. The predicted octanol–water partition coefficient (Wildman–Crippen LogP) is 3.94. The number of hydrogen-bond donors (Lipinski definition) is 0. The maximum Gasteiger partial charge on any atom is 0.0734 e. The molecule has 1 heteroatoms. The number of benzene rings is 1. The Kier molecular flexibility index (Phi) is 2.68. The third-order valence-corrected chi connectivity index (χ3v) is 3.54. The summed E-state index contributed by atoms with van der Waals surface area (Å²) in [5, 5.41) is 0. The molecule has 0 unspecified atom stereocenters. The predicted molar refractivity (Wildman–Crippen MR) is 71.1 cm³/mol. The highest BCUT2D eigenvalue weighted by molar-refractivity contribution is 5.63. The van der Waals surface area contributed by atoms with Crippen LogP contribution in [0.5, 0.6) is 0 Å². The highest BCUT2D eigenvalue weighted by Crippen LogP contribution is 2.27. The fraction of sp³-hybridized carbons (Fsp3) is 0.312. The van der Waals surface area contributed by atoms with Crippen molar-refractivity contribution in [3.05, 3.63) is 53.2 Å². The van der Waals surface area contributed by atoms with Gasteiger partial charge in [-0.15, -0.1) is 0 Å². The molecule has 0 atom stereocenters. The molecule has 86 valence electrons. The van der Waals surface area contributed by atoms with Crippen LogP contribution in [0.3, 0.4) is 0 Å². The summed E-state index contributed by atoms with van der Waals surface area (Å²) in [5.41, 5.74) is 6.48. The van der Waals surface area contributed by atoms with Gasteiger partial charge in [0.15, 0.2) is 0 Å². The molecule has 1 aliphatic carbocycles. The Hall–Kier alpha value is -1.63. The summed E-state index contributed by atoms with van der Waals surface area (Å²) in [6.45, 7) is 2.17. The fourth-order valence-corrected chi connectivity index (χ4v) is 2.64. The van der Waals surface area contributed by atoms with Gasteiger partial charge >= 0.3 is 0 Å². The molecule has 0 aliphatic heterocycles. The zero-order valence-electron chi connectivity index (χ0n) is 10.2. The third kappa shape index (κ3) is 1.97. The molecule has 1 aromatic heterocycles. The second-order valence-electron chi connectivity index (χ2n) is 4.83. The summed E-state index contributed by atoms with van der Waals surface area (Å²) in [6, 6.07) is 12.8. The van der Waals surface area contributed by atoms with Gasteiger partial charge in [0.2, 0.25) is 0 Å². The lowest BCUT2D eigenvalue weighted by molar-refractivity contribution is 0.667. The normalized spacial score (nSPS) is 14.4. The molecule has 1 nitrogen and oxygen atoms in total. The van der Waals surface area contributed by atoms with E-state index in [-0.39, 0.29) is 0 Å². The maximum atomic E-state index is 4.88. The highest BCUT2D eigenvalue weighted by Gasteiger charge is 2.13. The lowest BCUT2D eigenvalue weighted by Crippen LogP contribution is -2.07. The van der Waals surface area contributed by atoms with Gasteiger partial charge in [0.1, 0.15) is 0 Å². The zero-order valence-corrected chi connectivity index (χ0v) is 10.2. The van der Waals surface area contributed by atoms with Crippen molar-refractivity contribution in [2.75, 3.05) is 0 Å². The molecule has 0 fully saturated rings. The number of nitrogens with zero attached hydrogens (tertiary/aromatic N) is 1. The molecule has 0 bridgehead atoms. The summed E-state index contributed by atoms with van der Waals surface area (Å²) in [5.74, 6) is 0. The van der Waals surface area contributed by atoms with E-state index in [0.717, 1.165) is 12.1 Å². The van der Waals surface area contributed by atoms with Crippen LogP contribution < -0.4 is 0 Å². The molecular formula is C16H17N.